The lowest BCUT2D eigenvalue weighted by Crippen LogP contribution is -2.29. The summed E-state index contributed by atoms with van der Waals surface area (Å²) >= 11 is 0. The van der Waals surface area contributed by atoms with Crippen molar-refractivity contribution < 1.29 is 4.79 Å². The number of carbonyl (C=O) groups excluding carboxylic acids is 1. The Bertz CT molecular complexity index is 898. The lowest BCUT2D eigenvalue weighted by atomic mass is 10.1. The molecule has 0 bridgehead atoms. The number of fused-ring (bicyclic) bond motifs is 1. The topological polar surface area (TPSA) is 81.8 Å². The molecule has 24 heavy (non-hydrogen) atoms. The molecule has 0 unspecified atom stereocenters. The van der Waals surface area contributed by atoms with E-state index in [4.69, 9.17) is 0 Å². The van der Waals surface area contributed by atoms with Crippen LogP contribution in [0.25, 0.3) is 11.0 Å². The van der Waals surface area contributed by atoms with Crippen molar-refractivity contribution in [2.75, 3.05) is 6.54 Å². The van der Waals surface area contributed by atoms with Crippen LogP contribution < -0.4 is 10.9 Å². The Hall–Kier alpha value is -2.96. The van der Waals surface area contributed by atoms with Crippen LogP contribution in [0.5, 0.6) is 0 Å². The lowest BCUT2D eigenvalue weighted by molar-refractivity contribution is -0.121. The van der Waals surface area contributed by atoms with Crippen LogP contribution in [0.2, 0.25) is 0 Å². The third-order valence-corrected chi connectivity index (χ3v) is 3.88. The molecule has 1 N–H and O–H groups in total. The van der Waals surface area contributed by atoms with Crippen LogP contribution in [-0.2, 0) is 24.8 Å². The summed E-state index contributed by atoms with van der Waals surface area (Å²) in [5.74, 6) is -0.0795. The molecule has 3 rings (SSSR count). The molecule has 3 aromatic rings. The van der Waals surface area contributed by atoms with E-state index < -0.39 is 0 Å². The number of hydrogen-bond donors (Lipinski definition) is 1. The van der Waals surface area contributed by atoms with Gasteiger partial charge in [-0.15, -0.1) is 0 Å². The molecule has 7 nitrogen and oxygen atoms in total. The second-order valence-corrected chi connectivity index (χ2v) is 5.58. The molecule has 0 fully saturated rings. The van der Waals surface area contributed by atoms with E-state index in [-0.39, 0.29) is 17.9 Å². The number of rotatable bonds is 6. The minimum atomic E-state index is -0.176. The van der Waals surface area contributed by atoms with E-state index in [1.54, 1.807) is 11.7 Å². The molecule has 0 atom stereocenters. The van der Waals surface area contributed by atoms with Crippen molar-refractivity contribution in [2.24, 2.45) is 7.05 Å². The summed E-state index contributed by atoms with van der Waals surface area (Å²) in [5.41, 5.74) is 1.55. The van der Waals surface area contributed by atoms with Gasteiger partial charge in [0, 0.05) is 26.6 Å². The van der Waals surface area contributed by atoms with E-state index in [2.05, 4.69) is 15.4 Å². The lowest BCUT2D eigenvalue weighted by Gasteiger charge is -2.07. The number of carbonyl (C=O) groups is 1. The number of aromatic nitrogens is 4. The molecule has 7 heteroatoms. The minimum Gasteiger partial charge on any atom is -0.356 e. The van der Waals surface area contributed by atoms with Crippen molar-refractivity contribution in [3.05, 3.63) is 58.8 Å². The van der Waals surface area contributed by atoms with Crippen LogP contribution in [0, 0.1) is 0 Å². The predicted octanol–water partition coefficient (Wildman–Crippen LogP) is 0.879. The van der Waals surface area contributed by atoms with Gasteiger partial charge >= 0.3 is 0 Å². The number of amides is 1. The summed E-state index contributed by atoms with van der Waals surface area (Å²) < 4.78 is 3.00. The predicted molar refractivity (Wildman–Crippen MR) is 90.5 cm³/mol. The number of aryl methyl sites for hydroxylation is 2. The Morgan fingerprint density at radius 1 is 1.25 bits per heavy atom. The molecule has 0 saturated heterocycles. The first kappa shape index (κ1) is 15.9. The monoisotopic (exact) mass is 325 g/mol. The molecule has 0 aliphatic carbocycles. The van der Waals surface area contributed by atoms with Gasteiger partial charge in [0.25, 0.3) is 5.56 Å². The highest BCUT2D eigenvalue weighted by Crippen LogP contribution is 2.03. The summed E-state index contributed by atoms with van der Waals surface area (Å²) in [6.07, 6.45) is 3.99. The van der Waals surface area contributed by atoms with Crippen molar-refractivity contribution >= 4 is 16.9 Å². The van der Waals surface area contributed by atoms with Gasteiger partial charge in [0.2, 0.25) is 5.91 Å². The molecule has 0 aliphatic rings. The van der Waals surface area contributed by atoms with Gasteiger partial charge in [-0.2, -0.15) is 5.10 Å². The Morgan fingerprint density at radius 2 is 2.04 bits per heavy atom. The third kappa shape index (κ3) is 3.51. The molecule has 1 aromatic carbocycles. The van der Waals surface area contributed by atoms with Gasteiger partial charge in [-0.3, -0.25) is 18.8 Å². The van der Waals surface area contributed by atoms with E-state index in [9.17, 15) is 9.59 Å². The first-order chi connectivity index (χ1) is 11.6. The van der Waals surface area contributed by atoms with Gasteiger partial charge < -0.3 is 5.32 Å². The van der Waals surface area contributed by atoms with Crippen molar-refractivity contribution in [1.29, 1.82) is 0 Å². The van der Waals surface area contributed by atoms with E-state index >= 15 is 0 Å². The Morgan fingerprint density at radius 3 is 2.83 bits per heavy atom. The maximum absolute atomic E-state index is 12.3. The standard InChI is InChI=1S/C17H19N5O2/c1-21-16-14(11-20-21)17(24)22(12-19-16)10-8-15(23)18-9-7-13-5-3-2-4-6-13/h2-6,11-12H,7-10H2,1H3,(H,18,23). The molecular formula is C17H19N5O2. The number of nitrogens with zero attached hydrogens (tertiary/aromatic N) is 4. The maximum Gasteiger partial charge on any atom is 0.264 e. The summed E-state index contributed by atoms with van der Waals surface area (Å²) in [6, 6.07) is 9.98. The van der Waals surface area contributed by atoms with Crippen molar-refractivity contribution in [3.8, 4) is 0 Å². The fourth-order valence-corrected chi connectivity index (χ4v) is 2.53. The van der Waals surface area contributed by atoms with Crippen LogP contribution in [0.1, 0.15) is 12.0 Å². The molecule has 0 saturated carbocycles. The Labute approximate surface area is 138 Å². The van der Waals surface area contributed by atoms with Gasteiger partial charge in [0.15, 0.2) is 5.65 Å². The first-order valence-electron chi connectivity index (χ1n) is 7.83. The second-order valence-electron chi connectivity index (χ2n) is 5.58. The Kier molecular flexibility index (Phi) is 4.69. The van der Waals surface area contributed by atoms with Crippen molar-refractivity contribution in [2.45, 2.75) is 19.4 Å². The van der Waals surface area contributed by atoms with E-state index in [1.807, 2.05) is 30.3 Å². The molecule has 1 amide bonds. The van der Waals surface area contributed by atoms with Gasteiger partial charge in [0.1, 0.15) is 5.39 Å². The smallest absolute Gasteiger partial charge is 0.264 e. The van der Waals surface area contributed by atoms with Crippen LogP contribution in [0.4, 0.5) is 0 Å². The maximum atomic E-state index is 12.3. The fraction of sp³-hybridized carbons (Fsp3) is 0.294. The molecule has 124 valence electrons. The minimum absolute atomic E-state index is 0.0795. The zero-order valence-electron chi connectivity index (χ0n) is 13.5. The van der Waals surface area contributed by atoms with Crippen LogP contribution in [0.15, 0.2) is 47.7 Å². The van der Waals surface area contributed by atoms with Gasteiger partial charge in [-0.1, -0.05) is 30.3 Å². The van der Waals surface area contributed by atoms with E-state index in [0.29, 0.717) is 24.1 Å². The first-order valence-corrected chi connectivity index (χ1v) is 7.83. The van der Waals surface area contributed by atoms with Gasteiger partial charge in [-0.05, 0) is 12.0 Å². The van der Waals surface area contributed by atoms with Gasteiger partial charge in [-0.25, -0.2) is 4.98 Å². The molecule has 2 heterocycles. The molecule has 0 spiro atoms. The summed E-state index contributed by atoms with van der Waals surface area (Å²) in [7, 11) is 1.74. The second kappa shape index (κ2) is 7.08. The molecule has 0 aliphatic heterocycles. The normalized spacial score (nSPS) is 10.9. The summed E-state index contributed by atoms with van der Waals surface area (Å²) in [6.45, 7) is 0.880. The van der Waals surface area contributed by atoms with Crippen molar-refractivity contribution in [3.63, 3.8) is 0 Å². The van der Waals surface area contributed by atoms with Crippen LogP contribution >= 0.6 is 0 Å². The zero-order chi connectivity index (χ0) is 16.9. The highest BCUT2D eigenvalue weighted by Gasteiger charge is 2.09. The highest BCUT2D eigenvalue weighted by molar-refractivity contribution is 5.76. The zero-order valence-corrected chi connectivity index (χ0v) is 13.5. The molecule has 0 radical (unpaired) electrons. The highest BCUT2D eigenvalue weighted by atomic mass is 16.1. The van der Waals surface area contributed by atoms with Gasteiger partial charge in [0.05, 0.1) is 12.5 Å². The average molecular weight is 325 g/mol. The van der Waals surface area contributed by atoms with Crippen molar-refractivity contribution in [1.82, 2.24) is 24.6 Å². The number of benzene rings is 1. The number of nitrogens with one attached hydrogen (secondary N) is 1. The Balaban J connectivity index is 1.53. The molecule has 2 aromatic heterocycles. The summed E-state index contributed by atoms with van der Waals surface area (Å²) in [4.78, 5) is 28.4. The SMILES string of the molecule is Cn1ncc2c(=O)n(CCC(=O)NCCc3ccccc3)cnc21. The quantitative estimate of drug-likeness (QED) is 0.729. The largest absolute Gasteiger partial charge is 0.356 e. The number of hydrogen-bond acceptors (Lipinski definition) is 4. The summed E-state index contributed by atoms with van der Waals surface area (Å²) in [5, 5.41) is 7.36. The fourth-order valence-electron chi connectivity index (χ4n) is 2.53. The molecular weight excluding hydrogens is 306 g/mol. The van der Waals surface area contributed by atoms with E-state index in [1.165, 1.54) is 22.7 Å². The van der Waals surface area contributed by atoms with Crippen LogP contribution in [-0.4, -0.2) is 31.8 Å². The van der Waals surface area contributed by atoms with E-state index in [0.717, 1.165) is 6.42 Å². The average Bonchev–Trinajstić information content (AvgIpc) is 2.97. The third-order valence-electron chi connectivity index (χ3n) is 3.88. The van der Waals surface area contributed by atoms with Crippen LogP contribution in [0.3, 0.4) is 0 Å².